The molecule has 0 aliphatic carbocycles. The van der Waals surface area contributed by atoms with E-state index in [1.54, 1.807) is 31.7 Å². The van der Waals surface area contributed by atoms with E-state index < -0.39 is 23.3 Å². The molecule has 0 bridgehead atoms. The molecule has 0 aliphatic heterocycles. The lowest BCUT2D eigenvalue weighted by Gasteiger charge is -2.34. The van der Waals surface area contributed by atoms with Crippen LogP contribution in [-0.4, -0.2) is 47.0 Å². The van der Waals surface area contributed by atoms with Crippen molar-refractivity contribution in [3.05, 3.63) is 42.0 Å². The van der Waals surface area contributed by atoms with E-state index in [1.165, 1.54) is 0 Å². The molecule has 3 amide bonds. The van der Waals surface area contributed by atoms with Gasteiger partial charge in [0.25, 0.3) is 0 Å². The number of nitrogens with one attached hydrogen (secondary N) is 2. The fraction of sp³-hybridized carbons (Fsp3) is 0.607. The number of carbonyl (C=O) groups is 3. The molecule has 0 aliphatic rings. The van der Waals surface area contributed by atoms with E-state index in [2.05, 4.69) is 24.1 Å². The van der Waals surface area contributed by atoms with Gasteiger partial charge in [0, 0.05) is 12.1 Å². The van der Waals surface area contributed by atoms with E-state index in [0.717, 1.165) is 37.7 Å². The highest BCUT2D eigenvalue weighted by atomic mass is 16.6. The Kier molecular flexibility index (Phi) is 12.0. The predicted molar refractivity (Wildman–Crippen MR) is 142 cm³/mol. The zero-order valence-corrected chi connectivity index (χ0v) is 22.7. The van der Waals surface area contributed by atoms with E-state index in [-0.39, 0.29) is 18.4 Å². The zero-order chi connectivity index (χ0) is 26.6. The van der Waals surface area contributed by atoms with Crippen molar-refractivity contribution in [2.24, 2.45) is 0 Å². The third-order valence-corrected chi connectivity index (χ3v) is 5.13. The summed E-state index contributed by atoms with van der Waals surface area (Å²) in [5.74, 6) is -0.609. The normalized spacial score (nSPS) is 12.4. The molecular formula is C28H45N3O4. The molecule has 1 rings (SSSR count). The summed E-state index contributed by atoms with van der Waals surface area (Å²) in [7, 11) is 0. The van der Waals surface area contributed by atoms with Crippen LogP contribution < -0.4 is 10.6 Å². The van der Waals surface area contributed by atoms with Crippen molar-refractivity contribution < 1.29 is 19.1 Å². The monoisotopic (exact) mass is 487 g/mol. The minimum atomic E-state index is -0.840. The first kappa shape index (κ1) is 30.2. The van der Waals surface area contributed by atoms with Crippen molar-refractivity contribution in [2.45, 2.75) is 97.8 Å². The number of carbonyl (C=O) groups excluding carboxylic acids is 3. The Hall–Kier alpha value is -2.83. The number of alkyl carbamates (subject to hydrolysis) is 1. The van der Waals surface area contributed by atoms with Gasteiger partial charge in [0.2, 0.25) is 11.8 Å². The van der Waals surface area contributed by atoms with Crippen LogP contribution in [0.4, 0.5) is 4.79 Å². The first-order valence-electron chi connectivity index (χ1n) is 12.6. The Morgan fingerprint density at radius 2 is 1.71 bits per heavy atom. The first-order valence-corrected chi connectivity index (χ1v) is 12.6. The summed E-state index contributed by atoms with van der Waals surface area (Å²) in [6.45, 7) is 17.1. The number of nitrogens with zero attached hydrogens (tertiary/aromatic N) is 1. The molecule has 2 N–H and O–H groups in total. The summed E-state index contributed by atoms with van der Waals surface area (Å²) in [6, 6.07) is 6.63. The lowest BCUT2D eigenvalue weighted by Crippen LogP contribution is -2.51. The Balaban J connectivity index is 3.26. The highest BCUT2D eigenvalue weighted by molar-refractivity contribution is 5.90. The minimum absolute atomic E-state index is 0.260. The second kappa shape index (κ2) is 13.9. The third kappa shape index (κ3) is 11.9. The molecule has 0 saturated carbocycles. The molecule has 0 radical (unpaired) electrons. The van der Waals surface area contributed by atoms with E-state index in [4.69, 9.17) is 4.74 Å². The highest BCUT2D eigenvalue weighted by Gasteiger charge is 2.33. The summed E-state index contributed by atoms with van der Waals surface area (Å²) in [6.07, 6.45) is 6.08. The lowest BCUT2D eigenvalue weighted by molar-refractivity contribution is -0.141. The Morgan fingerprint density at radius 3 is 2.29 bits per heavy atom. The Bertz CT molecular complexity index is 852. The summed E-state index contributed by atoms with van der Waals surface area (Å²) in [5, 5.41) is 5.57. The molecule has 0 heterocycles. The number of hydrogen-bond donors (Lipinski definition) is 2. The average Bonchev–Trinajstić information content (AvgIpc) is 2.74. The molecule has 0 spiro atoms. The second-order valence-corrected chi connectivity index (χ2v) is 10.9. The minimum Gasteiger partial charge on any atom is -0.444 e. The van der Waals surface area contributed by atoms with E-state index >= 15 is 0 Å². The van der Waals surface area contributed by atoms with Crippen LogP contribution in [0.5, 0.6) is 0 Å². The molecular weight excluding hydrogens is 442 g/mol. The van der Waals surface area contributed by atoms with Gasteiger partial charge in [-0.3, -0.25) is 9.59 Å². The second-order valence-electron chi connectivity index (χ2n) is 10.9. The number of ether oxygens (including phenoxy) is 1. The van der Waals surface area contributed by atoms with Crippen LogP contribution in [0.3, 0.4) is 0 Å². The van der Waals surface area contributed by atoms with Crippen LogP contribution in [0.2, 0.25) is 0 Å². The van der Waals surface area contributed by atoms with Crippen LogP contribution in [0.15, 0.2) is 30.8 Å². The van der Waals surface area contributed by atoms with Crippen LogP contribution in [0.1, 0.15) is 97.7 Å². The number of unbranched alkanes of at least 4 members (excludes halogenated alkanes) is 4. The van der Waals surface area contributed by atoms with E-state index in [1.807, 2.05) is 45.0 Å². The summed E-state index contributed by atoms with van der Waals surface area (Å²) >= 11 is 0. The summed E-state index contributed by atoms with van der Waals surface area (Å²) in [5.41, 5.74) is 0.407. The maximum atomic E-state index is 13.5. The van der Waals surface area contributed by atoms with E-state index in [0.29, 0.717) is 12.1 Å². The van der Waals surface area contributed by atoms with Gasteiger partial charge in [0.05, 0.1) is 0 Å². The van der Waals surface area contributed by atoms with Gasteiger partial charge in [-0.2, -0.15) is 0 Å². The molecule has 196 valence electrons. The standard InChI is InChI=1S/C28H45N3O4/c1-9-11-12-13-14-18-31(23(32)20-29-26(34)35-28(6,7)8)24(25(33)30-27(3,4)5)22-17-15-16-21(10-2)19-22/h10,15-17,19,24H,2,9,11-14,18,20H2,1,3-8H3,(H,29,34)(H,30,33). The van der Waals surface area contributed by atoms with Gasteiger partial charge < -0.3 is 20.3 Å². The lowest BCUT2D eigenvalue weighted by atomic mass is 9.99. The van der Waals surface area contributed by atoms with Crippen molar-refractivity contribution >= 4 is 24.0 Å². The Morgan fingerprint density at radius 1 is 1.06 bits per heavy atom. The fourth-order valence-corrected chi connectivity index (χ4v) is 3.61. The highest BCUT2D eigenvalue weighted by Crippen LogP contribution is 2.25. The van der Waals surface area contributed by atoms with Gasteiger partial charge in [-0.05, 0) is 65.2 Å². The molecule has 7 heteroatoms. The maximum absolute atomic E-state index is 13.5. The topological polar surface area (TPSA) is 87.7 Å². The average molecular weight is 488 g/mol. The smallest absolute Gasteiger partial charge is 0.408 e. The maximum Gasteiger partial charge on any atom is 0.408 e. The quantitative estimate of drug-likeness (QED) is 0.375. The number of amides is 3. The largest absolute Gasteiger partial charge is 0.444 e. The van der Waals surface area contributed by atoms with Crippen molar-refractivity contribution in [2.75, 3.05) is 13.1 Å². The van der Waals surface area contributed by atoms with Crippen molar-refractivity contribution in [3.63, 3.8) is 0 Å². The van der Waals surface area contributed by atoms with Crippen molar-refractivity contribution in [1.82, 2.24) is 15.5 Å². The molecule has 1 unspecified atom stereocenters. The molecule has 1 atom stereocenters. The van der Waals surface area contributed by atoms with Gasteiger partial charge >= 0.3 is 6.09 Å². The van der Waals surface area contributed by atoms with Crippen molar-refractivity contribution in [1.29, 1.82) is 0 Å². The Labute approximate surface area is 211 Å². The first-order chi connectivity index (χ1) is 16.3. The molecule has 1 aromatic carbocycles. The number of hydrogen-bond acceptors (Lipinski definition) is 4. The summed E-state index contributed by atoms with van der Waals surface area (Å²) in [4.78, 5) is 40.7. The molecule has 0 fully saturated rings. The number of rotatable bonds is 12. The van der Waals surface area contributed by atoms with Crippen molar-refractivity contribution in [3.8, 4) is 0 Å². The van der Waals surface area contributed by atoms with Gasteiger partial charge in [-0.1, -0.05) is 63.5 Å². The van der Waals surface area contributed by atoms with Crippen LogP contribution >= 0.6 is 0 Å². The van der Waals surface area contributed by atoms with Crippen LogP contribution in [-0.2, 0) is 14.3 Å². The zero-order valence-electron chi connectivity index (χ0n) is 22.7. The van der Waals surface area contributed by atoms with Gasteiger partial charge in [0.15, 0.2) is 0 Å². The van der Waals surface area contributed by atoms with E-state index in [9.17, 15) is 14.4 Å². The molecule has 0 aromatic heterocycles. The fourth-order valence-electron chi connectivity index (χ4n) is 3.61. The molecule has 1 aromatic rings. The predicted octanol–water partition coefficient (Wildman–Crippen LogP) is 5.61. The van der Waals surface area contributed by atoms with Gasteiger partial charge in [0.1, 0.15) is 18.2 Å². The SMILES string of the molecule is C=Cc1cccc(C(C(=O)NC(C)(C)C)N(CCCCCCC)C(=O)CNC(=O)OC(C)(C)C)c1. The van der Waals surface area contributed by atoms with Crippen LogP contribution in [0, 0.1) is 0 Å². The van der Waals surface area contributed by atoms with Gasteiger partial charge in [-0.25, -0.2) is 4.79 Å². The third-order valence-electron chi connectivity index (χ3n) is 5.13. The number of benzene rings is 1. The van der Waals surface area contributed by atoms with Gasteiger partial charge in [-0.15, -0.1) is 0 Å². The molecule has 35 heavy (non-hydrogen) atoms. The molecule has 7 nitrogen and oxygen atoms in total. The molecule has 0 saturated heterocycles. The summed E-state index contributed by atoms with van der Waals surface area (Å²) < 4.78 is 5.27. The van der Waals surface area contributed by atoms with Crippen LogP contribution in [0.25, 0.3) is 6.08 Å².